The van der Waals surface area contributed by atoms with Gasteiger partial charge in [-0.25, -0.2) is 0 Å². The highest BCUT2D eigenvalue weighted by molar-refractivity contribution is 7.10. The van der Waals surface area contributed by atoms with Crippen LogP contribution in [0.3, 0.4) is 0 Å². The third-order valence-corrected chi connectivity index (χ3v) is 6.47. The van der Waals surface area contributed by atoms with Gasteiger partial charge in [-0.3, -0.25) is 9.59 Å². The van der Waals surface area contributed by atoms with Crippen molar-refractivity contribution >= 4 is 23.2 Å². The summed E-state index contributed by atoms with van der Waals surface area (Å²) in [6, 6.07) is 12.6. The molecular weight excluding hydrogens is 356 g/mol. The molecule has 1 aliphatic heterocycles. The van der Waals surface area contributed by atoms with E-state index in [9.17, 15) is 9.59 Å². The van der Waals surface area contributed by atoms with Gasteiger partial charge in [0.05, 0.1) is 6.04 Å². The Morgan fingerprint density at radius 1 is 1.19 bits per heavy atom. The molecule has 4 nitrogen and oxygen atoms in total. The fraction of sp³-hybridized carbons (Fsp3) is 0.455. The van der Waals surface area contributed by atoms with Gasteiger partial charge in [0.2, 0.25) is 11.8 Å². The van der Waals surface area contributed by atoms with Crippen LogP contribution < -0.4 is 0 Å². The lowest BCUT2D eigenvalue weighted by Crippen LogP contribution is -2.48. The predicted molar refractivity (Wildman–Crippen MR) is 108 cm³/mol. The first kappa shape index (κ1) is 18.2. The number of carbonyl (C=O) groups is 2. The molecule has 0 saturated heterocycles. The van der Waals surface area contributed by atoms with Gasteiger partial charge in [-0.05, 0) is 41.8 Å². The number of thiophene rings is 1. The standard InChI is InChI=1S/C22H26N2O2S/c1-15(2)22(26)24(17-8-9-17)14-20(25)23-12-10-19-18(11-13-27-19)21(23)16-6-4-3-5-7-16/h3-7,11,13,15,17,21H,8-10,12,14H2,1-2H3. The molecule has 1 fully saturated rings. The minimum absolute atomic E-state index is 0.0519. The molecule has 2 aromatic rings. The predicted octanol–water partition coefficient (Wildman–Crippen LogP) is 3.87. The van der Waals surface area contributed by atoms with Gasteiger partial charge < -0.3 is 9.80 Å². The van der Waals surface area contributed by atoms with E-state index >= 15 is 0 Å². The van der Waals surface area contributed by atoms with E-state index in [1.54, 1.807) is 11.3 Å². The molecule has 1 unspecified atom stereocenters. The quantitative estimate of drug-likeness (QED) is 0.788. The van der Waals surface area contributed by atoms with Crippen molar-refractivity contribution in [2.24, 2.45) is 5.92 Å². The minimum Gasteiger partial charge on any atom is -0.330 e. The first-order valence-corrected chi connectivity index (χ1v) is 10.7. The fourth-order valence-corrected chi connectivity index (χ4v) is 4.83. The summed E-state index contributed by atoms with van der Waals surface area (Å²) in [4.78, 5) is 31.1. The lowest BCUT2D eigenvalue weighted by Gasteiger charge is -2.38. The number of hydrogen-bond acceptors (Lipinski definition) is 3. The van der Waals surface area contributed by atoms with Gasteiger partial charge in [-0.1, -0.05) is 44.2 Å². The van der Waals surface area contributed by atoms with Crippen LogP contribution in [-0.4, -0.2) is 40.7 Å². The van der Waals surface area contributed by atoms with E-state index in [0.29, 0.717) is 6.54 Å². The second kappa shape index (κ2) is 7.47. The maximum absolute atomic E-state index is 13.3. The summed E-state index contributed by atoms with van der Waals surface area (Å²) in [6.07, 6.45) is 2.93. The highest BCUT2D eigenvalue weighted by atomic mass is 32.1. The zero-order chi connectivity index (χ0) is 19.0. The van der Waals surface area contributed by atoms with E-state index in [2.05, 4.69) is 23.6 Å². The van der Waals surface area contributed by atoms with Crippen molar-refractivity contribution in [1.82, 2.24) is 9.80 Å². The van der Waals surface area contributed by atoms with Crippen LogP contribution in [0, 0.1) is 5.92 Å². The van der Waals surface area contributed by atoms with Crippen LogP contribution in [-0.2, 0) is 16.0 Å². The third-order valence-electron chi connectivity index (χ3n) is 5.47. The maximum Gasteiger partial charge on any atom is 0.243 e. The molecule has 142 valence electrons. The smallest absolute Gasteiger partial charge is 0.243 e. The summed E-state index contributed by atoms with van der Waals surface area (Å²) < 4.78 is 0. The molecule has 1 aromatic heterocycles. The summed E-state index contributed by atoms with van der Waals surface area (Å²) in [5.74, 6) is 0.0742. The van der Waals surface area contributed by atoms with E-state index in [4.69, 9.17) is 0 Å². The third kappa shape index (κ3) is 3.65. The Hall–Kier alpha value is -2.14. The van der Waals surface area contributed by atoms with E-state index in [0.717, 1.165) is 24.8 Å². The highest BCUT2D eigenvalue weighted by Crippen LogP contribution is 2.38. The molecule has 4 rings (SSSR count). The lowest BCUT2D eigenvalue weighted by molar-refractivity contribution is -0.144. The second-order valence-electron chi connectivity index (χ2n) is 7.80. The Morgan fingerprint density at radius 2 is 1.93 bits per heavy atom. The normalized spacial score (nSPS) is 19.1. The Morgan fingerprint density at radius 3 is 2.59 bits per heavy atom. The largest absolute Gasteiger partial charge is 0.330 e. The van der Waals surface area contributed by atoms with Crippen LogP contribution in [0.5, 0.6) is 0 Å². The Kier molecular flexibility index (Phi) is 5.04. The monoisotopic (exact) mass is 382 g/mol. The minimum atomic E-state index is -0.0758. The van der Waals surface area contributed by atoms with Gasteiger partial charge in [-0.15, -0.1) is 11.3 Å². The summed E-state index contributed by atoms with van der Waals surface area (Å²) in [5, 5.41) is 2.12. The van der Waals surface area contributed by atoms with Crippen molar-refractivity contribution < 1.29 is 9.59 Å². The lowest BCUT2D eigenvalue weighted by atomic mass is 9.93. The fourth-order valence-electron chi connectivity index (χ4n) is 3.92. The number of rotatable bonds is 5. The van der Waals surface area contributed by atoms with Gasteiger partial charge in [0.25, 0.3) is 0 Å². The van der Waals surface area contributed by atoms with Gasteiger partial charge in [0, 0.05) is 23.4 Å². The Bertz CT molecular complexity index is 826. The number of nitrogens with zero attached hydrogens (tertiary/aromatic N) is 2. The SMILES string of the molecule is CC(C)C(=O)N(CC(=O)N1CCc2sccc2C1c1ccccc1)C1CC1. The average molecular weight is 383 g/mol. The molecule has 2 heterocycles. The van der Waals surface area contributed by atoms with Gasteiger partial charge in [0.1, 0.15) is 6.54 Å². The number of fused-ring (bicyclic) bond motifs is 1. The zero-order valence-electron chi connectivity index (χ0n) is 15.9. The van der Waals surface area contributed by atoms with Crippen molar-refractivity contribution in [2.75, 3.05) is 13.1 Å². The van der Waals surface area contributed by atoms with Gasteiger partial charge in [0.15, 0.2) is 0 Å². The number of amides is 2. The van der Waals surface area contributed by atoms with E-state index in [-0.39, 0.29) is 36.4 Å². The van der Waals surface area contributed by atoms with E-state index < -0.39 is 0 Å². The number of benzene rings is 1. The Balaban J connectivity index is 1.61. The molecule has 1 aromatic carbocycles. The van der Waals surface area contributed by atoms with Crippen LogP contribution in [0.15, 0.2) is 41.8 Å². The van der Waals surface area contributed by atoms with Crippen molar-refractivity contribution in [3.8, 4) is 0 Å². The van der Waals surface area contributed by atoms with Crippen molar-refractivity contribution in [1.29, 1.82) is 0 Å². The van der Waals surface area contributed by atoms with Crippen LogP contribution >= 0.6 is 11.3 Å². The molecule has 0 radical (unpaired) electrons. The molecule has 0 spiro atoms. The molecule has 5 heteroatoms. The summed E-state index contributed by atoms with van der Waals surface area (Å²) in [6.45, 7) is 4.73. The number of carbonyl (C=O) groups excluding carboxylic acids is 2. The van der Waals surface area contributed by atoms with Crippen molar-refractivity contribution in [3.05, 3.63) is 57.8 Å². The first-order chi connectivity index (χ1) is 13.1. The summed E-state index contributed by atoms with van der Waals surface area (Å²) in [7, 11) is 0. The van der Waals surface area contributed by atoms with Crippen molar-refractivity contribution in [2.45, 2.75) is 45.2 Å². The zero-order valence-corrected chi connectivity index (χ0v) is 16.7. The van der Waals surface area contributed by atoms with Crippen molar-refractivity contribution in [3.63, 3.8) is 0 Å². The maximum atomic E-state index is 13.3. The molecule has 27 heavy (non-hydrogen) atoms. The average Bonchev–Trinajstić information content (AvgIpc) is 3.41. The Labute approximate surface area is 164 Å². The summed E-state index contributed by atoms with van der Waals surface area (Å²) >= 11 is 1.77. The summed E-state index contributed by atoms with van der Waals surface area (Å²) in [5.41, 5.74) is 2.37. The highest BCUT2D eigenvalue weighted by Gasteiger charge is 2.38. The van der Waals surface area contributed by atoms with Crippen LogP contribution in [0.2, 0.25) is 0 Å². The van der Waals surface area contributed by atoms with E-state index in [1.807, 2.05) is 41.8 Å². The van der Waals surface area contributed by atoms with Gasteiger partial charge >= 0.3 is 0 Å². The van der Waals surface area contributed by atoms with Crippen LogP contribution in [0.1, 0.15) is 48.7 Å². The van der Waals surface area contributed by atoms with E-state index in [1.165, 1.54) is 10.4 Å². The first-order valence-electron chi connectivity index (χ1n) is 9.77. The molecule has 0 N–H and O–H groups in total. The van der Waals surface area contributed by atoms with Crippen LogP contribution in [0.25, 0.3) is 0 Å². The van der Waals surface area contributed by atoms with Gasteiger partial charge in [-0.2, -0.15) is 0 Å². The molecule has 2 amide bonds. The molecule has 1 saturated carbocycles. The second-order valence-corrected chi connectivity index (χ2v) is 8.80. The number of hydrogen-bond donors (Lipinski definition) is 0. The molecule has 0 bridgehead atoms. The molecular formula is C22H26N2O2S. The van der Waals surface area contributed by atoms with Crippen LogP contribution in [0.4, 0.5) is 0 Å². The topological polar surface area (TPSA) is 40.6 Å². The molecule has 1 atom stereocenters. The molecule has 2 aliphatic rings. The molecule has 1 aliphatic carbocycles.